The van der Waals surface area contributed by atoms with Crippen molar-refractivity contribution in [2.24, 2.45) is 23.5 Å². The van der Waals surface area contributed by atoms with Crippen molar-refractivity contribution in [3.05, 3.63) is 35.0 Å². The number of hydrogen-bond donors (Lipinski definition) is 2. The number of carbonyl (C=O) groups excluding carboxylic acids is 1. The van der Waals surface area contributed by atoms with Gasteiger partial charge < -0.3 is 20.8 Å². The van der Waals surface area contributed by atoms with Gasteiger partial charge in [0, 0.05) is 18.0 Å². The number of nitrogens with zero attached hydrogens (tertiary/aromatic N) is 2. The van der Waals surface area contributed by atoms with E-state index in [9.17, 15) is 4.79 Å². The van der Waals surface area contributed by atoms with E-state index in [0.717, 1.165) is 16.6 Å². The second-order valence-corrected chi connectivity index (χ2v) is 6.60. The Morgan fingerprint density at radius 2 is 2.04 bits per heavy atom. The van der Waals surface area contributed by atoms with Gasteiger partial charge in [0.15, 0.2) is 5.96 Å². The standard InChI is InChI=1S/C19H26N4O2/c1-3-25-18(24)17-14-10-13(12-6-4-5-7-12)8-9-15(14)23(2)16(17)11-22-19(20)21/h8-10,12H,3-7,11H2,1-2H3,(H4,20,21,22). The third-order valence-corrected chi connectivity index (χ3v) is 5.06. The van der Waals surface area contributed by atoms with Gasteiger partial charge in [-0.2, -0.15) is 0 Å². The first kappa shape index (κ1) is 17.3. The summed E-state index contributed by atoms with van der Waals surface area (Å²) in [5.41, 5.74) is 14.6. The minimum Gasteiger partial charge on any atom is -0.462 e. The average molecular weight is 342 g/mol. The number of esters is 1. The quantitative estimate of drug-likeness (QED) is 0.496. The predicted molar refractivity (Wildman–Crippen MR) is 99.6 cm³/mol. The lowest BCUT2D eigenvalue weighted by atomic mass is 9.95. The Morgan fingerprint density at radius 1 is 1.32 bits per heavy atom. The van der Waals surface area contributed by atoms with Gasteiger partial charge in [0.25, 0.3) is 0 Å². The van der Waals surface area contributed by atoms with E-state index < -0.39 is 0 Å². The van der Waals surface area contributed by atoms with Crippen molar-refractivity contribution in [1.29, 1.82) is 0 Å². The van der Waals surface area contributed by atoms with Gasteiger partial charge in [-0.05, 0) is 43.4 Å². The molecule has 0 radical (unpaired) electrons. The van der Waals surface area contributed by atoms with Crippen molar-refractivity contribution in [2.45, 2.75) is 45.1 Å². The number of aliphatic imine (C=N–C) groups is 1. The number of guanidine groups is 1. The molecule has 134 valence electrons. The Kier molecular flexibility index (Phi) is 4.97. The number of aromatic nitrogens is 1. The van der Waals surface area contributed by atoms with Crippen LogP contribution in [-0.4, -0.2) is 23.1 Å². The van der Waals surface area contributed by atoms with Gasteiger partial charge in [-0.25, -0.2) is 9.79 Å². The third-order valence-electron chi connectivity index (χ3n) is 5.06. The molecular formula is C19H26N4O2. The Hall–Kier alpha value is -2.50. The van der Waals surface area contributed by atoms with Gasteiger partial charge in [-0.1, -0.05) is 18.9 Å². The molecule has 1 fully saturated rings. The summed E-state index contributed by atoms with van der Waals surface area (Å²) in [6, 6.07) is 6.42. The van der Waals surface area contributed by atoms with Crippen LogP contribution in [0.15, 0.2) is 23.2 Å². The van der Waals surface area contributed by atoms with Crippen LogP contribution in [0.2, 0.25) is 0 Å². The van der Waals surface area contributed by atoms with Crippen molar-refractivity contribution in [2.75, 3.05) is 6.61 Å². The topological polar surface area (TPSA) is 95.6 Å². The Labute approximate surface area is 147 Å². The molecule has 1 aliphatic rings. The van der Waals surface area contributed by atoms with Crippen molar-refractivity contribution in [3.8, 4) is 0 Å². The largest absolute Gasteiger partial charge is 0.462 e. The van der Waals surface area contributed by atoms with Crippen LogP contribution in [0.4, 0.5) is 0 Å². The van der Waals surface area contributed by atoms with E-state index in [-0.39, 0.29) is 18.5 Å². The maximum absolute atomic E-state index is 12.6. The second-order valence-electron chi connectivity index (χ2n) is 6.60. The van der Waals surface area contributed by atoms with Crippen LogP contribution in [0, 0.1) is 0 Å². The number of benzene rings is 1. The first-order chi connectivity index (χ1) is 12.0. The normalized spacial score (nSPS) is 14.8. The molecule has 1 saturated carbocycles. The Balaban J connectivity index is 2.15. The molecule has 0 unspecified atom stereocenters. The molecule has 6 nitrogen and oxygen atoms in total. The van der Waals surface area contributed by atoms with Gasteiger partial charge >= 0.3 is 5.97 Å². The van der Waals surface area contributed by atoms with E-state index in [2.05, 4.69) is 23.2 Å². The highest BCUT2D eigenvalue weighted by molar-refractivity contribution is 6.06. The molecular weight excluding hydrogens is 316 g/mol. The van der Waals surface area contributed by atoms with Crippen LogP contribution in [0.3, 0.4) is 0 Å². The molecule has 1 aromatic heterocycles. The molecule has 4 N–H and O–H groups in total. The molecule has 0 spiro atoms. The van der Waals surface area contributed by atoms with Gasteiger partial charge in [0.05, 0.1) is 24.4 Å². The lowest BCUT2D eigenvalue weighted by Gasteiger charge is -2.10. The maximum atomic E-state index is 12.6. The van der Waals surface area contributed by atoms with Crippen molar-refractivity contribution in [1.82, 2.24) is 4.57 Å². The van der Waals surface area contributed by atoms with Crippen LogP contribution in [-0.2, 0) is 18.3 Å². The minimum absolute atomic E-state index is 0.00621. The highest BCUT2D eigenvalue weighted by atomic mass is 16.5. The minimum atomic E-state index is -0.322. The number of rotatable bonds is 5. The summed E-state index contributed by atoms with van der Waals surface area (Å²) < 4.78 is 7.28. The van der Waals surface area contributed by atoms with E-state index in [4.69, 9.17) is 16.2 Å². The fourth-order valence-corrected chi connectivity index (χ4v) is 3.81. The number of ether oxygens (including phenoxy) is 1. The smallest absolute Gasteiger partial charge is 0.340 e. The monoisotopic (exact) mass is 342 g/mol. The molecule has 6 heteroatoms. The van der Waals surface area contributed by atoms with Crippen molar-refractivity contribution >= 4 is 22.8 Å². The lowest BCUT2D eigenvalue weighted by Crippen LogP contribution is -2.23. The molecule has 1 heterocycles. The molecule has 25 heavy (non-hydrogen) atoms. The van der Waals surface area contributed by atoms with Gasteiger partial charge in [0.1, 0.15) is 0 Å². The molecule has 0 atom stereocenters. The molecule has 1 aliphatic carbocycles. The molecule has 0 aliphatic heterocycles. The van der Waals surface area contributed by atoms with Gasteiger partial charge in [0.2, 0.25) is 0 Å². The number of nitrogens with two attached hydrogens (primary N) is 2. The van der Waals surface area contributed by atoms with Crippen LogP contribution in [0.5, 0.6) is 0 Å². The maximum Gasteiger partial charge on any atom is 0.340 e. The summed E-state index contributed by atoms with van der Waals surface area (Å²) in [6.07, 6.45) is 4.98. The van der Waals surface area contributed by atoms with Crippen LogP contribution in [0.1, 0.15) is 60.1 Å². The predicted octanol–water partition coefficient (Wildman–Crippen LogP) is 2.79. The summed E-state index contributed by atoms with van der Waals surface area (Å²) in [5.74, 6) is 0.269. The lowest BCUT2D eigenvalue weighted by molar-refractivity contribution is 0.0527. The van der Waals surface area contributed by atoms with E-state index in [1.54, 1.807) is 0 Å². The molecule has 0 amide bonds. The first-order valence-electron chi connectivity index (χ1n) is 8.86. The Morgan fingerprint density at radius 3 is 2.68 bits per heavy atom. The first-order valence-corrected chi connectivity index (χ1v) is 8.86. The van der Waals surface area contributed by atoms with Crippen molar-refractivity contribution < 1.29 is 9.53 Å². The van der Waals surface area contributed by atoms with E-state index in [1.807, 2.05) is 18.5 Å². The summed E-state index contributed by atoms with van der Waals surface area (Å²) >= 11 is 0. The SMILES string of the molecule is CCOC(=O)c1c(CN=C(N)N)n(C)c2ccc(C3CCCC3)cc12. The molecule has 0 saturated heterocycles. The van der Waals surface area contributed by atoms with E-state index >= 15 is 0 Å². The van der Waals surface area contributed by atoms with Gasteiger partial charge in [-0.15, -0.1) is 0 Å². The number of aryl methyl sites for hydroxylation is 1. The molecule has 3 rings (SSSR count). The average Bonchev–Trinajstić information content (AvgIpc) is 3.20. The fraction of sp³-hybridized carbons (Fsp3) is 0.474. The van der Waals surface area contributed by atoms with Crippen LogP contribution >= 0.6 is 0 Å². The number of fused-ring (bicyclic) bond motifs is 1. The molecule has 2 aromatic rings. The van der Waals surface area contributed by atoms with E-state index in [1.165, 1.54) is 31.2 Å². The zero-order valence-corrected chi connectivity index (χ0v) is 14.9. The molecule has 0 bridgehead atoms. The zero-order chi connectivity index (χ0) is 18.0. The number of hydrogen-bond acceptors (Lipinski definition) is 3. The fourth-order valence-electron chi connectivity index (χ4n) is 3.81. The van der Waals surface area contributed by atoms with Crippen LogP contribution < -0.4 is 11.5 Å². The summed E-state index contributed by atoms with van der Waals surface area (Å²) in [4.78, 5) is 16.7. The molecule has 1 aromatic carbocycles. The summed E-state index contributed by atoms with van der Waals surface area (Å²) in [5, 5.41) is 0.922. The second kappa shape index (κ2) is 7.17. The summed E-state index contributed by atoms with van der Waals surface area (Å²) in [7, 11) is 1.93. The number of carbonyl (C=O) groups is 1. The van der Waals surface area contributed by atoms with Crippen molar-refractivity contribution in [3.63, 3.8) is 0 Å². The highest BCUT2D eigenvalue weighted by Gasteiger charge is 2.24. The van der Waals surface area contributed by atoms with E-state index in [0.29, 0.717) is 18.1 Å². The Bertz CT molecular complexity index is 812. The van der Waals surface area contributed by atoms with Gasteiger partial charge in [-0.3, -0.25) is 0 Å². The van der Waals surface area contributed by atoms with Crippen LogP contribution in [0.25, 0.3) is 10.9 Å². The highest BCUT2D eigenvalue weighted by Crippen LogP contribution is 2.37. The third kappa shape index (κ3) is 3.34. The summed E-state index contributed by atoms with van der Waals surface area (Å²) in [6.45, 7) is 2.39. The zero-order valence-electron chi connectivity index (χ0n) is 14.9.